The fourth-order valence-corrected chi connectivity index (χ4v) is 1.73. The van der Waals surface area contributed by atoms with E-state index in [1.807, 2.05) is 45.0 Å². The molecule has 0 bridgehead atoms. The molecular formula is C16H24N2O3. The molecule has 0 aliphatic heterocycles. The lowest BCUT2D eigenvalue weighted by molar-refractivity contribution is -0.118. The molecule has 0 aliphatic carbocycles. The van der Waals surface area contributed by atoms with E-state index in [4.69, 9.17) is 4.74 Å². The second-order valence-corrected chi connectivity index (χ2v) is 5.91. The van der Waals surface area contributed by atoms with Gasteiger partial charge in [0.25, 0.3) is 0 Å². The molecule has 0 aliphatic rings. The summed E-state index contributed by atoms with van der Waals surface area (Å²) in [5.41, 5.74) is 1.36. The van der Waals surface area contributed by atoms with E-state index in [0.29, 0.717) is 12.2 Å². The molecule has 5 heteroatoms. The molecule has 0 saturated heterocycles. The van der Waals surface area contributed by atoms with Crippen molar-refractivity contribution in [3.63, 3.8) is 0 Å². The number of nitrogens with one attached hydrogen (secondary N) is 2. The molecule has 1 aromatic rings. The van der Waals surface area contributed by atoms with Gasteiger partial charge in [0.15, 0.2) is 0 Å². The quantitative estimate of drug-likeness (QED) is 0.819. The maximum atomic E-state index is 11.6. The largest absolute Gasteiger partial charge is 0.444 e. The normalized spacial score (nSPS) is 10.9. The highest BCUT2D eigenvalue weighted by molar-refractivity contribution is 5.84. The van der Waals surface area contributed by atoms with Gasteiger partial charge < -0.3 is 10.1 Å². The Morgan fingerprint density at radius 1 is 1.14 bits per heavy atom. The maximum Gasteiger partial charge on any atom is 0.412 e. The van der Waals surface area contributed by atoms with Gasteiger partial charge in [-0.25, -0.2) is 4.79 Å². The van der Waals surface area contributed by atoms with Crippen molar-refractivity contribution in [2.45, 2.75) is 46.1 Å². The van der Waals surface area contributed by atoms with Crippen molar-refractivity contribution in [1.82, 2.24) is 5.32 Å². The summed E-state index contributed by atoms with van der Waals surface area (Å²) in [5, 5.41) is 5.45. The van der Waals surface area contributed by atoms with Crippen LogP contribution in [-0.2, 0) is 16.0 Å². The summed E-state index contributed by atoms with van der Waals surface area (Å²) in [5.74, 6) is -0.00749. The molecule has 5 nitrogen and oxygen atoms in total. The fourth-order valence-electron chi connectivity index (χ4n) is 1.73. The van der Waals surface area contributed by atoms with E-state index in [2.05, 4.69) is 10.6 Å². The van der Waals surface area contributed by atoms with E-state index in [9.17, 15) is 9.59 Å². The van der Waals surface area contributed by atoms with Crippen LogP contribution in [0.15, 0.2) is 24.3 Å². The molecule has 0 spiro atoms. The van der Waals surface area contributed by atoms with Gasteiger partial charge in [0, 0.05) is 19.2 Å². The maximum absolute atomic E-state index is 11.6. The minimum atomic E-state index is -0.506. The van der Waals surface area contributed by atoms with E-state index in [-0.39, 0.29) is 5.91 Å². The zero-order valence-corrected chi connectivity index (χ0v) is 13.2. The van der Waals surface area contributed by atoms with Crippen LogP contribution in [0.1, 0.15) is 39.7 Å². The lowest BCUT2D eigenvalue weighted by Gasteiger charge is -2.19. The van der Waals surface area contributed by atoms with Crippen LogP contribution in [0.2, 0.25) is 0 Å². The molecule has 2 amide bonds. The van der Waals surface area contributed by atoms with Gasteiger partial charge in [-0.1, -0.05) is 12.1 Å². The first-order valence-electron chi connectivity index (χ1n) is 7.09. The second-order valence-electron chi connectivity index (χ2n) is 5.91. The third kappa shape index (κ3) is 7.97. The van der Waals surface area contributed by atoms with Crippen LogP contribution < -0.4 is 10.6 Å². The number of carbonyl (C=O) groups is 2. The zero-order chi connectivity index (χ0) is 15.9. The van der Waals surface area contributed by atoms with E-state index in [1.54, 1.807) is 0 Å². The summed E-state index contributed by atoms with van der Waals surface area (Å²) in [6.07, 6.45) is 1.31. The molecule has 0 aromatic heterocycles. The molecule has 0 saturated carbocycles. The minimum absolute atomic E-state index is 0.00749. The molecule has 1 rings (SSSR count). The van der Waals surface area contributed by atoms with Crippen LogP contribution in [0, 0.1) is 0 Å². The number of benzene rings is 1. The number of aryl methyl sites for hydroxylation is 1. The van der Waals surface area contributed by atoms with E-state index in [1.165, 1.54) is 6.92 Å². The topological polar surface area (TPSA) is 67.4 Å². The molecule has 1 aromatic carbocycles. The molecule has 0 radical (unpaired) electrons. The summed E-state index contributed by atoms with van der Waals surface area (Å²) < 4.78 is 5.18. The predicted molar refractivity (Wildman–Crippen MR) is 83.3 cm³/mol. The summed E-state index contributed by atoms with van der Waals surface area (Å²) in [6.45, 7) is 7.66. The lowest BCUT2D eigenvalue weighted by atomic mass is 10.1. The van der Waals surface area contributed by atoms with Crippen molar-refractivity contribution in [2.24, 2.45) is 0 Å². The zero-order valence-electron chi connectivity index (χ0n) is 13.2. The van der Waals surface area contributed by atoms with E-state index in [0.717, 1.165) is 18.4 Å². The summed E-state index contributed by atoms with van der Waals surface area (Å²) in [6, 6.07) is 7.61. The van der Waals surface area contributed by atoms with Crippen molar-refractivity contribution in [3.8, 4) is 0 Å². The van der Waals surface area contributed by atoms with Gasteiger partial charge >= 0.3 is 6.09 Å². The number of hydrogen-bond donors (Lipinski definition) is 2. The Bertz CT molecular complexity index is 475. The summed E-state index contributed by atoms with van der Waals surface area (Å²) in [7, 11) is 0. The van der Waals surface area contributed by atoms with Gasteiger partial charge in [0.1, 0.15) is 5.60 Å². The Labute approximate surface area is 126 Å². The first-order valence-corrected chi connectivity index (χ1v) is 7.09. The standard InChI is InChI=1S/C16H24N2O3/c1-12(19)17-11-5-6-13-7-9-14(10-8-13)18-15(20)21-16(2,3)4/h7-10H,5-6,11H2,1-4H3,(H,17,19)(H,18,20). The lowest BCUT2D eigenvalue weighted by Crippen LogP contribution is -2.27. The second kappa shape index (κ2) is 7.67. The van der Waals surface area contributed by atoms with Crippen molar-refractivity contribution in [3.05, 3.63) is 29.8 Å². The SMILES string of the molecule is CC(=O)NCCCc1ccc(NC(=O)OC(C)(C)C)cc1. The van der Waals surface area contributed by atoms with Crippen LogP contribution in [0.25, 0.3) is 0 Å². The van der Waals surface area contributed by atoms with Gasteiger partial charge in [-0.2, -0.15) is 0 Å². The van der Waals surface area contributed by atoms with Crippen LogP contribution in [-0.4, -0.2) is 24.1 Å². The number of rotatable bonds is 5. The van der Waals surface area contributed by atoms with Crippen molar-refractivity contribution in [1.29, 1.82) is 0 Å². The van der Waals surface area contributed by atoms with E-state index < -0.39 is 11.7 Å². The Hall–Kier alpha value is -2.04. The molecule has 0 atom stereocenters. The van der Waals surface area contributed by atoms with Gasteiger partial charge in [-0.05, 0) is 51.3 Å². The first-order chi connectivity index (χ1) is 9.76. The Morgan fingerprint density at radius 2 is 1.76 bits per heavy atom. The Kier molecular flexibility index (Phi) is 6.21. The third-order valence-corrected chi connectivity index (χ3v) is 2.62. The molecule has 21 heavy (non-hydrogen) atoms. The van der Waals surface area contributed by atoms with Gasteiger partial charge in [0.2, 0.25) is 5.91 Å². The molecule has 0 heterocycles. The van der Waals surface area contributed by atoms with Crippen LogP contribution in [0.4, 0.5) is 10.5 Å². The third-order valence-electron chi connectivity index (χ3n) is 2.62. The number of carbonyl (C=O) groups excluding carboxylic acids is 2. The highest BCUT2D eigenvalue weighted by Crippen LogP contribution is 2.13. The molecule has 2 N–H and O–H groups in total. The van der Waals surface area contributed by atoms with Crippen molar-refractivity contribution < 1.29 is 14.3 Å². The molecule has 0 fully saturated rings. The van der Waals surface area contributed by atoms with Crippen LogP contribution in [0.3, 0.4) is 0 Å². The van der Waals surface area contributed by atoms with Gasteiger partial charge in [-0.15, -0.1) is 0 Å². The van der Waals surface area contributed by atoms with Crippen molar-refractivity contribution >= 4 is 17.7 Å². The average Bonchev–Trinajstić information content (AvgIpc) is 2.34. The number of hydrogen-bond acceptors (Lipinski definition) is 3. The predicted octanol–water partition coefficient (Wildman–Crippen LogP) is 3.10. The Balaban J connectivity index is 2.40. The highest BCUT2D eigenvalue weighted by atomic mass is 16.6. The number of ether oxygens (including phenoxy) is 1. The molecule has 0 unspecified atom stereocenters. The van der Waals surface area contributed by atoms with Gasteiger partial charge in [0.05, 0.1) is 0 Å². The monoisotopic (exact) mass is 292 g/mol. The number of amides is 2. The summed E-state index contributed by atoms with van der Waals surface area (Å²) >= 11 is 0. The summed E-state index contributed by atoms with van der Waals surface area (Å²) in [4.78, 5) is 22.4. The fraction of sp³-hybridized carbons (Fsp3) is 0.500. The van der Waals surface area contributed by atoms with Gasteiger partial charge in [-0.3, -0.25) is 10.1 Å². The molecule has 116 valence electrons. The molecular weight excluding hydrogens is 268 g/mol. The highest BCUT2D eigenvalue weighted by Gasteiger charge is 2.15. The average molecular weight is 292 g/mol. The minimum Gasteiger partial charge on any atom is -0.444 e. The van der Waals surface area contributed by atoms with Crippen molar-refractivity contribution in [2.75, 3.05) is 11.9 Å². The number of anilines is 1. The van der Waals surface area contributed by atoms with E-state index >= 15 is 0 Å². The first kappa shape index (κ1) is 17.0. The Morgan fingerprint density at radius 3 is 2.29 bits per heavy atom. The smallest absolute Gasteiger partial charge is 0.412 e. The van der Waals surface area contributed by atoms with Crippen LogP contribution in [0.5, 0.6) is 0 Å². The van der Waals surface area contributed by atoms with Crippen LogP contribution >= 0.6 is 0 Å².